The van der Waals surface area contributed by atoms with Crippen molar-refractivity contribution in [3.8, 4) is 17.0 Å². The highest BCUT2D eigenvalue weighted by molar-refractivity contribution is 7.91. The number of halogens is 3. The van der Waals surface area contributed by atoms with E-state index in [0.717, 1.165) is 0 Å². The predicted molar refractivity (Wildman–Crippen MR) is 96.9 cm³/mol. The van der Waals surface area contributed by atoms with Crippen LogP contribution in [0.1, 0.15) is 25.5 Å². The normalized spacial score (nSPS) is 11.9. The fraction of sp³-hybridized carbons (Fsp3) is 0.389. The first-order valence-corrected chi connectivity index (χ1v) is 10.2. The number of carbonyl (C=O) groups is 1. The molecule has 2 aromatic rings. The number of hydrogen-bond donors (Lipinski definition) is 0. The lowest BCUT2D eigenvalue weighted by Crippen LogP contribution is -2.17. The maximum Gasteiger partial charge on any atom is 0.433 e. The summed E-state index contributed by atoms with van der Waals surface area (Å²) in [5, 5.41) is -0.961. The lowest BCUT2D eigenvalue weighted by atomic mass is 10.1. The van der Waals surface area contributed by atoms with E-state index in [2.05, 4.69) is 9.97 Å². The zero-order valence-corrected chi connectivity index (χ0v) is 16.5. The molecule has 0 aliphatic heterocycles. The van der Waals surface area contributed by atoms with Gasteiger partial charge in [0.05, 0.1) is 25.2 Å². The number of rotatable bonds is 8. The SMILES string of the molecule is CCOC(=O)CCCS(=O)(=O)c1nc(-c2ccccc2OC)cc(C(F)(F)F)n1. The van der Waals surface area contributed by atoms with Crippen molar-refractivity contribution >= 4 is 15.8 Å². The highest BCUT2D eigenvalue weighted by Gasteiger charge is 2.35. The summed E-state index contributed by atoms with van der Waals surface area (Å²) < 4.78 is 74.7. The van der Waals surface area contributed by atoms with Crippen molar-refractivity contribution in [2.75, 3.05) is 19.5 Å². The van der Waals surface area contributed by atoms with Gasteiger partial charge in [-0.15, -0.1) is 0 Å². The van der Waals surface area contributed by atoms with Crippen LogP contribution in [0.25, 0.3) is 11.3 Å². The highest BCUT2D eigenvalue weighted by Crippen LogP contribution is 2.34. The molecule has 1 aromatic heterocycles. The average molecular weight is 432 g/mol. The van der Waals surface area contributed by atoms with Gasteiger partial charge in [-0.3, -0.25) is 4.79 Å². The summed E-state index contributed by atoms with van der Waals surface area (Å²) in [7, 11) is -2.94. The number of nitrogens with zero attached hydrogens (tertiary/aromatic N) is 2. The van der Waals surface area contributed by atoms with Crippen LogP contribution in [0.3, 0.4) is 0 Å². The van der Waals surface area contributed by atoms with Crippen LogP contribution in [-0.4, -0.2) is 43.8 Å². The van der Waals surface area contributed by atoms with Gasteiger partial charge < -0.3 is 9.47 Å². The number of hydrogen-bond acceptors (Lipinski definition) is 7. The molecule has 0 atom stereocenters. The van der Waals surface area contributed by atoms with Crippen LogP contribution in [0, 0.1) is 0 Å². The van der Waals surface area contributed by atoms with E-state index in [1.54, 1.807) is 19.1 Å². The molecule has 11 heteroatoms. The zero-order chi connectivity index (χ0) is 21.7. The molecule has 0 bridgehead atoms. The summed E-state index contributed by atoms with van der Waals surface area (Å²) in [5.41, 5.74) is -1.45. The summed E-state index contributed by atoms with van der Waals surface area (Å²) in [4.78, 5) is 18.4. The number of sulfone groups is 1. The van der Waals surface area contributed by atoms with Crippen molar-refractivity contribution in [2.45, 2.75) is 31.1 Å². The quantitative estimate of drug-likeness (QED) is 0.467. The van der Waals surface area contributed by atoms with Crippen molar-refractivity contribution in [1.82, 2.24) is 9.97 Å². The molecule has 0 amide bonds. The molecule has 29 heavy (non-hydrogen) atoms. The molecular formula is C18H19F3N2O5S. The van der Waals surface area contributed by atoms with E-state index in [0.29, 0.717) is 6.07 Å². The Balaban J connectivity index is 2.45. The number of ether oxygens (including phenoxy) is 2. The smallest absolute Gasteiger partial charge is 0.433 e. The van der Waals surface area contributed by atoms with Crippen LogP contribution in [0.5, 0.6) is 5.75 Å². The predicted octanol–water partition coefficient (Wildman–Crippen LogP) is 3.29. The molecule has 0 aliphatic carbocycles. The van der Waals surface area contributed by atoms with Crippen molar-refractivity contribution in [2.24, 2.45) is 0 Å². The summed E-state index contributed by atoms with van der Waals surface area (Å²) in [6.45, 7) is 1.75. The molecule has 2 rings (SSSR count). The minimum Gasteiger partial charge on any atom is -0.496 e. The largest absolute Gasteiger partial charge is 0.496 e. The lowest BCUT2D eigenvalue weighted by molar-refractivity contribution is -0.143. The Morgan fingerprint density at radius 2 is 1.86 bits per heavy atom. The molecular weight excluding hydrogens is 413 g/mol. The number of para-hydroxylation sites is 1. The van der Waals surface area contributed by atoms with E-state index in [4.69, 9.17) is 9.47 Å². The number of carbonyl (C=O) groups excluding carboxylic acids is 1. The van der Waals surface area contributed by atoms with Gasteiger partial charge in [0.15, 0.2) is 0 Å². The third-order valence-electron chi connectivity index (χ3n) is 3.76. The van der Waals surface area contributed by atoms with Gasteiger partial charge in [0, 0.05) is 12.0 Å². The maximum atomic E-state index is 13.3. The molecule has 0 unspecified atom stereocenters. The van der Waals surface area contributed by atoms with Crippen LogP contribution in [-0.2, 0) is 25.5 Å². The molecule has 0 radical (unpaired) electrons. The van der Waals surface area contributed by atoms with Crippen molar-refractivity contribution < 1.29 is 35.9 Å². The van der Waals surface area contributed by atoms with E-state index in [-0.39, 0.29) is 36.5 Å². The summed E-state index contributed by atoms with van der Waals surface area (Å²) >= 11 is 0. The first-order valence-electron chi connectivity index (χ1n) is 8.56. The average Bonchev–Trinajstić information content (AvgIpc) is 2.67. The van der Waals surface area contributed by atoms with Gasteiger partial charge >= 0.3 is 12.1 Å². The Morgan fingerprint density at radius 3 is 2.48 bits per heavy atom. The zero-order valence-electron chi connectivity index (χ0n) is 15.7. The third kappa shape index (κ3) is 5.89. The first kappa shape index (κ1) is 22.6. The first-order chi connectivity index (χ1) is 13.6. The topological polar surface area (TPSA) is 95.5 Å². The van der Waals surface area contributed by atoms with E-state index in [9.17, 15) is 26.4 Å². The standard InChI is InChI=1S/C18H19F3N2O5S/c1-3-28-16(24)9-6-10-29(25,26)17-22-13(11-15(23-17)18(19,20)21)12-7-4-5-8-14(12)27-2/h4-5,7-8,11H,3,6,9-10H2,1-2H3. The number of esters is 1. The molecule has 0 N–H and O–H groups in total. The second-order valence-electron chi connectivity index (χ2n) is 5.85. The van der Waals surface area contributed by atoms with Gasteiger partial charge in [-0.05, 0) is 31.5 Å². The maximum absolute atomic E-state index is 13.3. The Bertz CT molecular complexity index is 978. The van der Waals surface area contributed by atoms with Crippen molar-refractivity contribution in [1.29, 1.82) is 0 Å². The van der Waals surface area contributed by atoms with Crippen LogP contribution in [0.2, 0.25) is 0 Å². The van der Waals surface area contributed by atoms with Crippen LogP contribution >= 0.6 is 0 Å². The van der Waals surface area contributed by atoms with E-state index < -0.39 is 38.6 Å². The van der Waals surface area contributed by atoms with Gasteiger partial charge in [0.2, 0.25) is 15.0 Å². The molecule has 7 nitrogen and oxygen atoms in total. The van der Waals surface area contributed by atoms with Crippen molar-refractivity contribution in [3.63, 3.8) is 0 Å². The van der Waals surface area contributed by atoms with Gasteiger partial charge in [0.25, 0.3) is 0 Å². The number of benzene rings is 1. The highest BCUT2D eigenvalue weighted by atomic mass is 32.2. The van der Waals surface area contributed by atoms with Crippen LogP contribution < -0.4 is 4.74 Å². The molecule has 0 spiro atoms. The van der Waals surface area contributed by atoms with E-state index in [1.807, 2.05) is 0 Å². The Hall–Kier alpha value is -2.69. The van der Waals surface area contributed by atoms with Gasteiger partial charge in [-0.1, -0.05) is 12.1 Å². The fourth-order valence-corrected chi connectivity index (χ4v) is 3.62. The van der Waals surface area contributed by atoms with Gasteiger partial charge in [0.1, 0.15) is 11.4 Å². The second kappa shape index (κ2) is 9.21. The third-order valence-corrected chi connectivity index (χ3v) is 5.32. The molecule has 0 saturated carbocycles. The molecule has 158 valence electrons. The Morgan fingerprint density at radius 1 is 1.17 bits per heavy atom. The molecule has 0 aliphatic rings. The minimum absolute atomic E-state index is 0.134. The van der Waals surface area contributed by atoms with Crippen molar-refractivity contribution in [3.05, 3.63) is 36.0 Å². The monoisotopic (exact) mass is 432 g/mol. The van der Waals surface area contributed by atoms with Gasteiger partial charge in [-0.2, -0.15) is 13.2 Å². The van der Waals surface area contributed by atoms with Crippen LogP contribution in [0.15, 0.2) is 35.5 Å². The molecule has 0 fully saturated rings. The number of alkyl halides is 3. The Kier molecular flexibility index (Phi) is 7.17. The Labute approximate surface area is 165 Å². The summed E-state index contributed by atoms with van der Waals surface area (Å²) in [6, 6.07) is 6.80. The minimum atomic E-state index is -4.88. The molecule has 1 aromatic carbocycles. The van der Waals surface area contributed by atoms with Crippen LogP contribution in [0.4, 0.5) is 13.2 Å². The fourth-order valence-electron chi connectivity index (χ4n) is 2.43. The lowest BCUT2D eigenvalue weighted by Gasteiger charge is -2.13. The summed E-state index contributed by atoms with van der Waals surface area (Å²) in [6.07, 6.45) is -5.20. The molecule has 0 saturated heterocycles. The number of aromatic nitrogens is 2. The summed E-state index contributed by atoms with van der Waals surface area (Å²) in [5.74, 6) is -0.967. The second-order valence-corrected chi connectivity index (χ2v) is 7.85. The van der Waals surface area contributed by atoms with Gasteiger partial charge in [-0.25, -0.2) is 18.4 Å². The molecule has 1 heterocycles. The van der Waals surface area contributed by atoms with E-state index in [1.165, 1.54) is 19.2 Å². The number of methoxy groups -OCH3 is 1. The van der Waals surface area contributed by atoms with E-state index >= 15 is 0 Å².